The zero-order chi connectivity index (χ0) is 29.9. The monoisotopic (exact) mass is 577 g/mol. The largest absolute Gasteiger partial charge is 0.465 e. The first kappa shape index (κ1) is 29.7. The van der Waals surface area contributed by atoms with Gasteiger partial charge >= 0.3 is 5.97 Å². The fraction of sp³-hybridized carbons (Fsp3) is 0.686. The Morgan fingerprint density at radius 2 is 2.00 bits per heavy atom. The molecule has 0 aromatic heterocycles. The van der Waals surface area contributed by atoms with Gasteiger partial charge in [0.25, 0.3) is 0 Å². The minimum atomic E-state index is -0.932. The van der Waals surface area contributed by atoms with Crippen LogP contribution in [0.3, 0.4) is 0 Å². The van der Waals surface area contributed by atoms with Crippen LogP contribution < -0.4 is 0 Å². The van der Waals surface area contributed by atoms with E-state index in [-0.39, 0.29) is 47.8 Å². The van der Waals surface area contributed by atoms with E-state index >= 15 is 0 Å². The van der Waals surface area contributed by atoms with Crippen LogP contribution in [-0.4, -0.2) is 71.1 Å². The van der Waals surface area contributed by atoms with E-state index in [0.29, 0.717) is 31.8 Å². The number of carbonyl (C=O) groups excluding carboxylic acids is 3. The quantitative estimate of drug-likeness (QED) is 0.417. The second-order valence-electron chi connectivity index (χ2n) is 14.2. The van der Waals surface area contributed by atoms with Gasteiger partial charge < -0.3 is 14.9 Å². The van der Waals surface area contributed by atoms with Crippen LogP contribution in [0.4, 0.5) is 0 Å². The molecule has 0 bridgehead atoms. The minimum absolute atomic E-state index is 0.00676. The molecule has 2 N–H and O–H groups in total. The molecule has 42 heavy (non-hydrogen) atoms. The maximum absolute atomic E-state index is 14.1. The van der Waals surface area contributed by atoms with Crippen LogP contribution in [0.25, 0.3) is 0 Å². The average molecular weight is 578 g/mol. The van der Waals surface area contributed by atoms with Crippen molar-refractivity contribution in [2.24, 2.45) is 45.8 Å². The molecule has 6 aliphatic rings. The Morgan fingerprint density at radius 1 is 1.19 bits per heavy atom. The fourth-order valence-corrected chi connectivity index (χ4v) is 10.8. The summed E-state index contributed by atoms with van der Waals surface area (Å²) < 4.78 is 5.66. The number of nitrogens with zero attached hydrogens (tertiary/aromatic N) is 1. The third kappa shape index (κ3) is 4.28. The van der Waals surface area contributed by atoms with Crippen molar-refractivity contribution in [1.29, 1.82) is 0 Å². The predicted molar refractivity (Wildman–Crippen MR) is 159 cm³/mol. The number of allylic oxidation sites excluding steroid dienone is 8. The first-order chi connectivity index (χ1) is 20.1. The van der Waals surface area contributed by atoms with Gasteiger partial charge in [0, 0.05) is 17.9 Å². The number of fused-ring (bicyclic) bond motifs is 7. The summed E-state index contributed by atoms with van der Waals surface area (Å²) >= 11 is 0. The van der Waals surface area contributed by atoms with Crippen molar-refractivity contribution in [3.05, 3.63) is 48.1 Å². The number of ketones is 2. The number of ether oxygens (including phenoxy) is 1. The Morgan fingerprint density at radius 3 is 2.71 bits per heavy atom. The van der Waals surface area contributed by atoms with Crippen molar-refractivity contribution in [3.8, 4) is 0 Å². The second kappa shape index (κ2) is 11.0. The Labute approximate surface area is 249 Å². The van der Waals surface area contributed by atoms with E-state index in [1.54, 1.807) is 12.2 Å². The average Bonchev–Trinajstić information content (AvgIpc) is 3.42. The van der Waals surface area contributed by atoms with Crippen LogP contribution in [0.1, 0.15) is 65.7 Å². The van der Waals surface area contributed by atoms with Gasteiger partial charge in [-0.05, 0) is 99.7 Å². The van der Waals surface area contributed by atoms with E-state index in [4.69, 9.17) is 4.74 Å². The maximum atomic E-state index is 14.1. The van der Waals surface area contributed by atoms with Crippen molar-refractivity contribution < 1.29 is 29.3 Å². The van der Waals surface area contributed by atoms with Crippen molar-refractivity contribution in [3.63, 3.8) is 0 Å². The van der Waals surface area contributed by atoms with E-state index in [9.17, 15) is 24.6 Å². The third-order valence-electron chi connectivity index (χ3n) is 12.5. The predicted octanol–water partition coefficient (Wildman–Crippen LogP) is 4.20. The van der Waals surface area contributed by atoms with E-state index in [0.717, 1.165) is 37.7 Å². The van der Waals surface area contributed by atoms with E-state index in [1.165, 1.54) is 0 Å². The van der Waals surface area contributed by atoms with Crippen molar-refractivity contribution in [1.82, 2.24) is 4.90 Å². The number of hydrogen-bond donors (Lipinski definition) is 2. The lowest BCUT2D eigenvalue weighted by atomic mass is 9.44. The highest BCUT2D eigenvalue weighted by Gasteiger charge is 2.76. The van der Waals surface area contributed by atoms with Gasteiger partial charge in [0.05, 0.1) is 18.1 Å². The molecule has 7 nitrogen and oxygen atoms in total. The maximum Gasteiger partial charge on any atom is 0.323 e. The van der Waals surface area contributed by atoms with Gasteiger partial charge in [-0.15, -0.1) is 0 Å². The lowest BCUT2D eigenvalue weighted by Gasteiger charge is -2.60. The summed E-state index contributed by atoms with van der Waals surface area (Å²) in [6.45, 7) is 6.93. The molecular formula is C35H47NO6. The van der Waals surface area contributed by atoms with E-state index < -0.39 is 35.0 Å². The molecule has 0 radical (unpaired) electrons. The number of likely N-dealkylation sites (tertiary alicyclic amines) is 1. The lowest BCUT2D eigenvalue weighted by molar-refractivity contribution is -0.159. The summed E-state index contributed by atoms with van der Waals surface area (Å²) in [5.41, 5.74) is -0.811. The van der Waals surface area contributed by atoms with E-state index in [2.05, 4.69) is 43.1 Å². The van der Waals surface area contributed by atoms with Crippen molar-refractivity contribution >= 4 is 17.5 Å². The molecule has 10 atom stereocenters. The van der Waals surface area contributed by atoms with Gasteiger partial charge in [0.1, 0.15) is 12.6 Å². The van der Waals surface area contributed by atoms with Crippen LogP contribution in [-0.2, 0) is 19.1 Å². The topological polar surface area (TPSA) is 104 Å². The molecule has 6 rings (SSSR count). The summed E-state index contributed by atoms with van der Waals surface area (Å²) in [5.74, 6) is -0.0565. The van der Waals surface area contributed by atoms with Crippen molar-refractivity contribution in [2.75, 3.05) is 26.3 Å². The first-order valence-electron chi connectivity index (χ1n) is 16.1. The standard InChI is InChI=1S/C35H47NO6/c1-4-42-32(41)31-27-18-26-25-13-12-23-17-24(38)14-15-33(23,2)30(25)28(39)19-34(26,3)35(27,29(40)20-37)21-36(31)16-8-11-22-9-6-5-7-10-22/h5-7,9,14-15,17,22,25-28,30-31,37,39H,4,8,10-13,16,18-21H2,1-3H3/t22?,25-,26-,27-,28-,30+,31?,33-,34-,35+/m0/s1. The highest BCUT2D eigenvalue weighted by Crippen LogP contribution is 2.73. The molecule has 2 unspecified atom stereocenters. The van der Waals surface area contributed by atoms with Gasteiger partial charge in [-0.25, -0.2) is 0 Å². The first-order valence-corrected chi connectivity index (χ1v) is 16.1. The van der Waals surface area contributed by atoms with Gasteiger partial charge in [0.2, 0.25) is 0 Å². The minimum Gasteiger partial charge on any atom is -0.465 e. The Hall–Kier alpha value is -2.35. The zero-order valence-electron chi connectivity index (χ0n) is 25.3. The van der Waals surface area contributed by atoms with Gasteiger partial charge in [0.15, 0.2) is 11.6 Å². The van der Waals surface area contributed by atoms with Crippen LogP contribution >= 0.6 is 0 Å². The van der Waals surface area contributed by atoms with Crippen LogP contribution in [0, 0.1) is 45.8 Å². The van der Waals surface area contributed by atoms with Gasteiger partial charge in [-0.3, -0.25) is 19.3 Å². The molecule has 0 amide bonds. The van der Waals surface area contributed by atoms with Gasteiger partial charge in [-0.2, -0.15) is 0 Å². The molecular weight excluding hydrogens is 530 g/mol. The molecule has 1 heterocycles. The molecule has 228 valence electrons. The van der Waals surface area contributed by atoms with Gasteiger partial charge in [-0.1, -0.05) is 49.8 Å². The normalized spacial score (nSPS) is 43.8. The Bertz CT molecular complexity index is 1250. The van der Waals surface area contributed by atoms with Crippen LogP contribution in [0.2, 0.25) is 0 Å². The van der Waals surface area contributed by atoms with E-state index in [1.807, 2.05) is 13.0 Å². The summed E-state index contributed by atoms with van der Waals surface area (Å²) in [7, 11) is 0. The second-order valence-corrected chi connectivity index (χ2v) is 14.2. The molecule has 7 heteroatoms. The third-order valence-corrected chi connectivity index (χ3v) is 12.5. The molecule has 0 aromatic rings. The number of Topliss-reactive ketones (excluding diaryl/α,β-unsaturated/α-hetero) is 1. The molecule has 1 saturated heterocycles. The summed E-state index contributed by atoms with van der Waals surface area (Å²) in [6, 6.07) is -0.540. The number of esters is 1. The van der Waals surface area contributed by atoms with Crippen LogP contribution in [0.5, 0.6) is 0 Å². The van der Waals surface area contributed by atoms with Crippen molar-refractivity contribution in [2.45, 2.75) is 77.9 Å². The number of rotatable bonds is 8. The number of aliphatic hydroxyl groups is 2. The number of carbonyl (C=O) groups is 3. The fourth-order valence-electron chi connectivity index (χ4n) is 10.8. The van der Waals surface area contributed by atoms with Crippen LogP contribution in [0.15, 0.2) is 48.1 Å². The number of hydrogen-bond acceptors (Lipinski definition) is 7. The molecule has 1 aliphatic heterocycles. The summed E-state index contributed by atoms with van der Waals surface area (Å²) in [5, 5.41) is 22.4. The molecule has 0 aromatic carbocycles. The highest BCUT2D eigenvalue weighted by molar-refractivity contribution is 6.01. The Kier molecular flexibility index (Phi) is 7.76. The molecule has 5 aliphatic carbocycles. The lowest BCUT2D eigenvalue weighted by Crippen LogP contribution is -2.60. The molecule has 0 spiro atoms. The Balaban J connectivity index is 1.35. The summed E-state index contributed by atoms with van der Waals surface area (Å²) in [4.78, 5) is 42.2. The molecule has 3 saturated carbocycles. The highest BCUT2D eigenvalue weighted by atomic mass is 16.5. The number of aliphatic hydroxyl groups excluding tert-OH is 2. The SMILES string of the molecule is CCOC(=O)C1[C@@H]2C[C@H]3[C@@H]4CCC5=CC(=O)C=C[C@]5(C)[C@H]4[C@@H](O)C[C@]3(C)[C@]2(C(=O)CO)CN1CCCC1C=CC=CC1. The molecule has 4 fully saturated rings. The zero-order valence-corrected chi connectivity index (χ0v) is 25.3. The summed E-state index contributed by atoms with van der Waals surface area (Å²) in [6.07, 6.45) is 19.0. The smallest absolute Gasteiger partial charge is 0.323 e.